The topological polar surface area (TPSA) is 27.3 Å². The van der Waals surface area contributed by atoms with Gasteiger partial charge < -0.3 is 15.5 Å². The molecule has 0 amide bonds. The summed E-state index contributed by atoms with van der Waals surface area (Å²) in [6, 6.07) is 11.7. The Morgan fingerprint density at radius 2 is 1.76 bits per heavy atom. The monoisotopic (exact) mass is 361 g/mol. The van der Waals surface area contributed by atoms with E-state index in [1.54, 1.807) is 0 Å². The molecular formula is C19H21F2N3S. The molecular weight excluding hydrogens is 340 g/mol. The van der Waals surface area contributed by atoms with Gasteiger partial charge in [0.25, 0.3) is 0 Å². The van der Waals surface area contributed by atoms with E-state index in [4.69, 9.17) is 12.2 Å². The first-order valence-electron chi connectivity index (χ1n) is 8.40. The summed E-state index contributed by atoms with van der Waals surface area (Å²) in [5.74, 6) is -1.29. The van der Waals surface area contributed by atoms with Crippen LogP contribution in [0.3, 0.4) is 0 Å². The Labute approximate surface area is 152 Å². The van der Waals surface area contributed by atoms with Gasteiger partial charge in [0, 0.05) is 24.8 Å². The highest BCUT2D eigenvalue weighted by molar-refractivity contribution is 7.80. The summed E-state index contributed by atoms with van der Waals surface area (Å²) in [6.45, 7) is 4.22. The molecule has 132 valence electrons. The van der Waals surface area contributed by atoms with Gasteiger partial charge in [-0.1, -0.05) is 12.1 Å². The van der Waals surface area contributed by atoms with Crippen LogP contribution in [-0.4, -0.2) is 18.2 Å². The molecule has 6 heteroatoms. The number of halogens is 2. The molecule has 1 saturated heterocycles. The Balaban J connectivity index is 1.59. The lowest BCUT2D eigenvalue weighted by Gasteiger charge is -2.20. The van der Waals surface area contributed by atoms with Gasteiger partial charge in [-0.3, -0.25) is 0 Å². The average molecular weight is 361 g/mol. The predicted molar refractivity (Wildman–Crippen MR) is 102 cm³/mol. The molecule has 1 unspecified atom stereocenters. The van der Waals surface area contributed by atoms with E-state index < -0.39 is 11.6 Å². The molecule has 1 heterocycles. The quantitative estimate of drug-likeness (QED) is 0.778. The predicted octanol–water partition coefficient (Wildman–Crippen LogP) is 4.61. The van der Waals surface area contributed by atoms with Crippen molar-refractivity contribution < 1.29 is 8.78 Å². The molecule has 2 N–H and O–H groups in total. The van der Waals surface area contributed by atoms with Crippen molar-refractivity contribution in [2.24, 2.45) is 0 Å². The third kappa shape index (κ3) is 4.45. The lowest BCUT2D eigenvalue weighted by molar-refractivity contribution is 0.586. The second kappa shape index (κ2) is 7.78. The van der Waals surface area contributed by atoms with Crippen molar-refractivity contribution in [3.63, 3.8) is 0 Å². The van der Waals surface area contributed by atoms with Crippen LogP contribution in [0, 0.1) is 11.6 Å². The van der Waals surface area contributed by atoms with E-state index >= 15 is 0 Å². The molecule has 1 fully saturated rings. The molecule has 1 atom stereocenters. The fourth-order valence-corrected chi connectivity index (χ4v) is 3.27. The number of nitrogens with zero attached hydrogens (tertiary/aromatic N) is 1. The minimum Gasteiger partial charge on any atom is -0.372 e. The molecule has 0 bridgehead atoms. The van der Waals surface area contributed by atoms with Gasteiger partial charge in [0.2, 0.25) is 0 Å². The van der Waals surface area contributed by atoms with Crippen molar-refractivity contribution in [2.45, 2.75) is 25.8 Å². The summed E-state index contributed by atoms with van der Waals surface area (Å²) in [6.07, 6.45) is 2.50. The second-order valence-corrected chi connectivity index (χ2v) is 6.64. The largest absolute Gasteiger partial charge is 0.372 e. The number of hydrogen-bond donors (Lipinski definition) is 2. The van der Waals surface area contributed by atoms with Gasteiger partial charge in [0.05, 0.1) is 11.7 Å². The van der Waals surface area contributed by atoms with E-state index in [0.29, 0.717) is 5.11 Å². The molecule has 0 saturated carbocycles. The normalized spacial score (nSPS) is 15.1. The van der Waals surface area contributed by atoms with E-state index in [2.05, 4.69) is 39.8 Å². The smallest absolute Gasteiger partial charge is 0.171 e. The summed E-state index contributed by atoms with van der Waals surface area (Å²) in [7, 11) is 0. The molecule has 1 aliphatic heterocycles. The summed E-state index contributed by atoms with van der Waals surface area (Å²) >= 11 is 5.23. The highest BCUT2D eigenvalue weighted by Gasteiger charge is 2.13. The van der Waals surface area contributed by atoms with Gasteiger partial charge in [0.1, 0.15) is 11.6 Å². The first-order valence-corrected chi connectivity index (χ1v) is 8.81. The third-order valence-corrected chi connectivity index (χ3v) is 4.61. The number of rotatable bonds is 4. The fraction of sp³-hybridized carbons (Fsp3) is 0.316. The van der Waals surface area contributed by atoms with Crippen LogP contribution >= 0.6 is 12.2 Å². The van der Waals surface area contributed by atoms with Gasteiger partial charge >= 0.3 is 0 Å². The van der Waals surface area contributed by atoms with Gasteiger partial charge in [-0.15, -0.1) is 0 Å². The lowest BCUT2D eigenvalue weighted by Crippen LogP contribution is -2.31. The Hall–Kier alpha value is -2.21. The van der Waals surface area contributed by atoms with Crippen LogP contribution in [-0.2, 0) is 0 Å². The first kappa shape index (κ1) is 17.6. The number of anilines is 2. The second-order valence-electron chi connectivity index (χ2n) is 6.23. The molecule has 0 radical (unpaired) electrons. The van der Waals surface area contributed by atoms with Crippen molar-refractivity contribution in [3.8, 4) is 0 Å². The van der Waals surface area contributed by atoms with E-state index in [1.165, 1.54) is 30.7 Å². The molecule has 0 spiro atoms. The van der Waals surface area contributed by atoms with Crippen LogP contribution in [0.4, 0.5) is 20.2 Å². The van der Waals surface area contributed by atoms with Crippen molar-refractivity contribution >= 4 is 28.7 Å². The fourth-order valence-electron chi connectivity index (χ4n) is 2.98. The molecule has 3 rings (SSSR count). The lowest BCUT2D eigenvalue weighted by atomic mass is 10.1. The maximum Gasteiger partial charge on any atom is 0.171 e. The van der Waals surface area contributed by atoms with Crippen molar-refractivity contribution in [1.29, 1.82) is 0 Å². The van der Waals surface area contributed by atoms with Crippen LogP contribution in [0.15, 0.2) is 42.5 Å². The summed E-state index contributed by atoms with van der Waals surface area (Å²) in [4.78, 5) is 2.38. The van der Waals surface area contributed by atoms with Crippen LogP contribution in [0.2, 0.25) is 0 Å². The molecule has 0 aromatic heterocycles. The summed E-state index contributed by atoms with van der Waals surface area (Å²) in [5, 5.41) is 6.18. The molecule has 2 aromatic rings. The standard InChI is InChI=1S/C19H21F2N3S/c1-13(14-4-7-16(8-5-14)24-10-2-3-11-24)22-19(25)23-18-9-6-15(20)12-17(18)21/h4-9,12-13H,2-3,10-11H2,1H3,(H2,22,23,25). The molecule has 2 aromatic carbocycles. The molecule has 1 aliphatic rings. The van der Waals surface area contributed by atoms with Gasteiger partial charge in [0.15, 0.2) is 5.11 Å². The zero-order valence-corrected chi connectivity index (χ0v) is 14.9. The third-order valence-electron chi connectivity index (χ3n) is 4.39. The van der Waals surface area contributed by atoms with E-state index in [-0.39, 0.29) is 11.7 Å². The molecule has 0 aliphatic carbocycles. The molecule has 3 nitrogen and oxygen atoms in total. The average Bonchev–Trinajstić information content (AvgIpc) is 3.12. The van der Waals surface area contributed by atoms with Crippen LogP contribution in [0.1, 0.15) is 31.4 Å². The van der Waals surface area contributed by atoms with Crippen molar-refractivity contribution in [1.82, 2.24) is 5.32 Å². The Morgan fingerprint density at radius 1 is 1.08 bits per heavy atom. The number of nitrogens with one attached hydrogen (secondary N) is 2. The van der Waals surface area contributed by atoms with Crippen LogP contribution < -0.4 is 15.5 Å². The maximum atomic E-state index is 13.7. The summed E-state index contributed by atoms with van der Waals surface area (Å²) in [5.41, 5.74) is 2.48. The van der Waals surface area contributed by atoms with Crippen molar-refractivity contribution in [2.75, 3.05) is 23.3 Å². The number of hydrogen-bond acceptors (Lipinski definition) is 2. The SMILES string of the molecule is CC(NC(=S)Nc1ccc(F)cc1F)c1ccc(N2CCCC2)cc1. The van der Waals surface area contributed by atoms with E-state index in [9.17, 15) is 8.78 Å². The summed E-state index contributed by atoms with van der Waals surface area (Å²) < 4.78 is 26.6. The Morgan fingerprint density at radius 3 is 2.40 bits per heavy atom. The maximum absolute atomic E-state index is 13.7. The van der Waals surface area contributed by atoms with E-state index in [1.807, 2.05) is 6.92 Å². The highest BCUT2D eigenvalue weighted by atomic mass is 32.1. The van der Waals surface area contributed by atoms with Gasteiger partial charge in [-0.2, -0.15) is 0 Å². The van der Waals surface area contributed by atoms with Gasteiger partial charge in [-0.05, 0) is 61.8 Å². The van der Waals surface area contributed by atoms with Gasteiger partial charge in [-0.25, -0.2) is 8.78 Å². The first-order chi connectivity index (χ1) is 12.0. The Bertz CT molecular complexity index is 743. The van der Waals surface area contributed by atoms with Crippen molar-refractivity contribution in [3.05, 3.63) is 59.7 Å². The minimum atomic E-state index is -0.674. The zero-order chi connectivity index (χ0) is 17.8. The molecule has 25 heavy (non-hydrogen) atoms. The van der Waals surface area contributed by atoms with Crippen LogP contribution in [0.25, 0.3) is 0 Å². The highest BCUT2D eigenvalue weighted by Crippen LogP contribution is 2.23. The number of benzene rings is 2. The van der Waals surface area contributed by atoms with E-state index in [0.717, 1.165) is 24.7 Å². The zero-order valence-electron chi connectivity index (χ0n) is 14.1. The number of thiocarbonyl (C=S) groups is 1. The van der Waals surface area contributed by atoms with Crippen LogP contribution in [0.5, 0.6) is 0 Å². The Kier molecular flexibility index (Phi) is 5.48. The minimum absolute atomic E-state index is 0.0314.